The second-order valence-corrected chi connectivity index (χ2v) is 6.91. The molecule has 124 valence electrons. The number of carbonyl (C=O) groups is 1. The molecule has 0 heterocycles. The lowest BCUT2D eigenvalue weighted by atomic mass is 10.1. The highest BCUT2D eigenvalue weighted by Gasteiger charge is 2.11. The minimum atomic E-state index is -4.01. The molecular weight excluding hydrogens is 290 g/mol. The molecule has 0 aromatic heterocycles. The molecule has 0 aromatic carbocycles. The van der Waals surface area contributed by atoms with E-state index in [1.165, 1.54) is 44.1 Å². The smallest absolute Gasteiger partial charge is 0.266 e. The number of amides is 1. The van der Waals surface area contributed by atoms with E-state index in [1.54, 1.807) is 0 Å². The molecule has 0 fully saturated rings. The number of carbonyl (C=O) groups excluding carboxylic acids is 1. The van der Waals surface area contributed by atoms with Gasteiger partial charge in [-0.15, -0.1) is 0 Å². The Balaban J connectivity index is 3.65. The second-order valence-electron chi connectivity index (χ2n) is 5.33. The molecule has 0 saturated carbocycles. The number of rotatable bonds is 12. The maximum atomic E-state index is 11.7. The van der Waals surface area contributed by atoms with Crippen molar-refractivity contribution in [2.45, 2.75) is 58.3 Å². The van der Waals surface area contributed by atoms with Crippen molar-refractivity contribution in [1.82, 2.24) is 4.90 Å². The van der Waals surface area contributed by atoms with Crippen LogP contribution in [0.1, 0.15) is 58.3 Å². The molecule has 0 spiro atoms. The van der Waals surface area contributed by atoms with E-state index >= 15 is 0 Å². The van der Waals surface area contributed by atoms with Gasteiger partial charge in [0, 0.05) is 20.0 Å². The molecule has 0 radical (unpaired) electrons. The molecule has 0 aliphatic carbocycles. The number of hydrogen-bond acceptors (Lipinski definition) is 3. The summed E-state index contributed by atoms with van der Waals surface area (Å²) in [6.07, 6.45) is 12.6. The normalized spacial score (nSPS) is 12.0. The van der Waals surface area contributed by atoms with Gasteiger partial charge in [-0.25, -0.2) is 0 Å². The van der Waals surface area contributed by atoms with Crippen molar-refractivity contribution in [2.75, 3.05) is 19.3 Å². The number of unbranched alkanes of at least 4 members (excludes halogenated alkanes) is 6. The number of allylic oxidation sites excluding steroid dienone is 1. The Bertz CT molecular complexity index is 404. The summed E-state index contributed by atoms with van der Waals surface area (Å²) in [4.78, 5) is 13.0. The third kappa shape index (κ3) is 13.8. The van der Waals surface area contributed by atoms with Crippen molar-refractivity contribution < 1.29 is 17.8 Å². The molecule has 21 heavy (non-hydrogen) atoms. The largest absolute Gasteiger partial charge is 0.344 e. The fourth-order valence-corrected chi connectivity index (χ4v) is 2.38. The molecule has 1 N–H and O–H groups in total. The first-order chi connectivity index (χ1) is 9.87. The van der Waals surface area contributed by atoms with Crippen LogP contribution in [0.4, 0.5) is 0 Å². The molecule has 0 aliphatic heterocycles. The van der Waals surface area contributed by atoms with Crippen LogP contribution in [0.15, 0.2) is 12.2 Å². The highest BCUT2D eigenvalue weighted by molar-refractivity contribution is 7.85. The van der Waals surface area contributed by atoms with Crippen LogP contribution in [0.3, 0.4) is 0 Å². The predicted octanol–water partition coefficient (Wildman–Crippen LogP) is 3.03. The van der Waals surface area contributed by atoms with E-state index in [0.29, 0.717) is 0 Å². The lowest BCUT2D eigenvalue weighted by Gasteiger charge is -2.14. The molecule has 0 aliphatic rings. The maximum absolute atomic E-state index is 11.7. The van der Waals surface area contributed by atoms with Gasteiger partial charge in [-0.05, 0) is 12.8 Å². The van der Waals surface area contributed by atoms with Crippen molar-refractivity contribution in [3.8, 4) is 0 Å². The second kappa shape index (κ2) is 11.7. The van der Waals surface area contributed by atoms with Crippen LogP contribution in [-0.4, -0.2) is 43.1 Å². The zero-order chi connectivity index (χ0) is 16.1. The number of nitrogens with zero attached hydrogens (tertiary/aromatic N) is 1. The van der Waals surface area contributed by atoms with Gasteiger partial charge in [0.05, 0.1) is 5.75 Å². The fraction of sp³-hybridized carbons (Fsp3) is 0.800. The van der Waals surface area contributed by atoms with E-state index in [2.05, 4.69) is 6.92 Å². The van der Waals surface area contributed by atoms with Gasteiger partial charge in [-0.1, -0.05) is 51.2 Å². The van der Waals surface area contributed by atoms with Gasteiger partial charge in [0.1, 0.15) is 0 Å². The van der Waals surface area contributed by atoms with Crippen LogP contribution in [0.5, 0.6) is 0 Å². The Morgan fingerprint density at radius 1 is 1.10 bits per heavy atom. The highest BCUT2D eigenvalue weighted by Crippen LogP contribution is 2.07. The predicted molar refractivity (Wildman–Crippen MR) is 85.8 cm³/mol. The van der Waals surface area contributed by atoms with Crippen LogP contribution in [0, 0.1) is 0 Å². The summed E-state index contributed by atoms with van der Waals surface area (Å²) in [7, 11) is -2.47. The minimum Gasteiger partial charge on any atom is -0.344 e. The van der Waals surface area contributed by atoms with Crippen LogP contribution < -0.4 is 0 Å². The summed E-state index contributed by atoms with van der Waals surface area (Å²) in [5, 5.41) is 0. The minimum absolute atomic E-state index is 0.0168. The third-order valence-electron chi connectivity index (χ3n) is 3.29. The molecule has 5 nitrogen and oxygen atoms in total. The summed E-state index contributed by atoms with van der Waals surface area (Å²) in [5.74, 6) is -0.561. The highest BCUT2D eigenvalue weighted by atomic mass is 32.2. The molecule has 0 aromatic rings. The van der Waals surface area contributed by atoms with Gasteiger partial charge < -0.3 is 4.90 Å². The average Bonchev–Trinajstić information content (AvgIpc) is 2.41. The Morgan fingerprint density at radius 2 is 1.71 bits per heavy atom. The first-order valence-corrected chi connectivity index (χ1v) is 9.32. The van der Waals surface area contributed by atoms with Crippen molar-refractivity contribution >= 4 is 16.0 Å². The quantitative estimate of drug-likeness (QED) is 0.341. The molecule has 0 atom stereocenters. The summed E-state index contributed by atoms with van der Waals surface area (Å²) < 4.78 is 29.8. The van der Waals surface area contributed by atoms with Gasteiger partial charge >= 0.3 is 0 Å². The molecule has 6 heteroatoms. The molecule has 0 bridgehead atoms. The first kappa shape index (κ1) is 20.1. The van der Waals surface area contributed by atoms with Crippen molar-refractivity contribution in [1.29, 1.82) is 0 Å². The van der Waals surface area contributed by atoms with Gasteiger partial charge in [0.25, 0.3) is 10.1 Å². The summed E-state index contributed by atoms with van der Waals surface area (Å²) in [5.41, 5.74) is 0. The summed E-state index contributed by atoms with van der Waals surface area (Å²) in [6, 6.07) is 0. The zero-order valence-corrected chi connectivity index (χ0v) is 14.1. The lowest BCUT2D eigenvalue weighted by molar-refractivity contribution is -0.128. The van der Waals surface area contributed by atoms with Crippen LogP contribution in [0.25, 0.3) is 0 Å². The van der Waals surface area contributed by atoms with Crippen LogP contribution >= 0.6 is 0 Å². The van der Waals surface area contributed by atoms with E-state index in [-0.39, 0.29) is 18.9 Å². The fourth-order valence-electron chi connectivity index (χ4n) is 1.88. The van der Waals surface area contributed by atoms with E-state index in [9.17, 15) is 13.2 Å². The zero-order valence-electron chi connectivity index (χ0n) is 13.3. The first-order valence-electron chi connectivity index (χ1n) is 7.71. The van der Waals surface area contributed by atoms with E-state index < -0.39 is 15.9 Å². The third-order valence-corrected chi connectivity index (χ3v) is 3.99. The van der Waals surface area contributed by atoms with Gasteiger partial charge in [0.2, 0.25) is 5.91 Å². The molecule has 1 amide bonds. The molecular formula is C15H29NO4S. The molecule has 0 unspecified atom stereocenters. The van der Waals surface area contributed by atoms with Crippen molar-refractivity contribution in [3.05, 3.63) is 12.2 Å². The Labute approximate surface area is 129 Å². The maximum Gasteiger partial charge on any atom is 0.266 e. The van der Waals surface area contributed by atoms with Gasteiger partial charge in [-0.3, -0.25) is 9.35 Å². The topological polar surface area (TPSA) is 74.7 Å². The van der Waals surface area contributed by atoms with E-state index in [4.69, 9.17) is 4.55 Å². The average molecular weight is 319 g/mol. The Kier molecular flexibility index (Phi) is 11.3. The summed E-state index contributed by atoms with van der Waals surface area (Å²) in [6.45, 7) is 2.22. The number of hydrogen-bond donors (Lipinski definition) is 1. The van der Waals surface area contributed by atoms with Crippen molar-refractivity contribution in [3.63, 3.8) is 0 Å². The lowest BCUT2D eigenvalue weighted by Crippen LogP contribution is -2.30. The monoisotopic (exact) mass is 319 g/mol. The standard InChI is InChI=1S/C15H29NO4S/c1-3-4-5-6-7-8-9-10-11-12-15(17)16(2)13-14-21(18,19)20/h10-11H,3-9,12-14H2,1-2H3,(H,18,19,20)/b11-10+. The van der Waals surface area contributed by atoms with E-state index in [1.807, 2.05) is 12.2 Å². The Hall–Kier alpha value is -0.880. The van der Waals surface area contributed by atoms with Crippen LogP contribution in [0.2, 0.25) is 0 Å². The molecule has 0 saturated heterocycles. The van der Waals surface area contributed by atoms with Crippen LogP contribution in [-0.2, 0) is 14.9 Å². The Morgan fingerprint density at radius 3 is 2.33 bits per heavy atom. The summed E-state index contributed by atoms with van der Waals surface area (Å²) >= 11 is 0. The van der Waals surface area contributed by atoms with Gasteiger partial charge in [-0.2, -0.15) is 8.42 Å². The van der Waals surface area contributed by atoms with E-state index in [0.717, 1.165) is 12.8 Å². The van der Waals surface area contributed by atoms with Gasteiger partial charge in [0.15, 0.2) is 0 Å². The van der Waals surface area contributed by atoms with Crippen molar-refractivity contribution in [2.24, 2.45) is 0 Å². The SMILES string of the molecule is CCCCCCCC/C=C/CC(=O)N(C)CCS(=O)(=O)O. The molecule has 0 rings (SSSR count).